The number of carbonyl (C=O) groups excluding carboxylic acids is 1. The Kier molecular flexibility index (Phi) is 4.98. The fraction of sp³-hybridized carbons (Fsp3) is 0.143. The van der Waals surface area contributed by atoms with Crippen molar-refractivity contribution in [1.82, 2.24) is 14.9 Å². The van der Waals surface area contributed by atoms with Crippen molar-refractivity contribution in [2.24, 2.45) is 0 Å². The van der Waals surface area contributed by atoms with Crippen LogP contribution in [0.15, 0.2) is 82.6 Å². The average Bonchev–Trinajstić information content (AvgIpc) is 3.35. The summed E-state index contributed by atoms with van der Waals surface area (Å²) in [5.41, 5.74) is 2.96. The first kappa shape index (κ1) is 17.4. The Balaban J connectivity index is 1.54. The standard InChI is InChI=1S/C21H19N3O2S/c1-15(19-12-7-13-26-19)22-20(25)14-27-21-23-17-10-5-6-11-18(17)24(21)16-8-3-2-4-9-16/h2-13,15H,14H2,1H3,(H,22,25)/t15-/m0/s1. The summed E-state index contributed by atoms with van der Waals surface area (Å²) < 4.78 is 7.42. The summed E-state index contributed by atoms with van der Waals surface area (Å²) in [6.07, 6.45) is 1.61. The maximum absolute atomic E-state index is 12.4. The highest BCUT2D eigenvalue weighted by molar-refractivity contribution is 7.99. The van der Waals surface area contributed by atoms with E-state index in [1.165, 1.54) is 11.8 Å². The number of nitrogens with one attached hydrogen (secondary N) is 1. The van der Waals surface area contributed by atoms with Gasteiger partial charge in [0.15, 0.2) is 5.16 Å². The summed E-state index contributed by atoms with van der Waals surface area (Å²) in [7, 11) is 0. The van der Waals surface area contributed by atoms with E-state index in [9.17, 15) is 4.79 Å². The summed E-state index contributed by atoms with van der Waals surface area (Å²) in [5.74, 6) is 0.960. The fourth-order valence-electron chi connectivity index (χ4n) is 2.95. The fourth-order valence-corrected chi connectivity index (χ4v) is 3.79. The summed E-state index contributed by atoms with van der Waals surface area (Å²) in [6, 6.07) is 21.5. The normalized spacial score (nSPS) is 12.2. The number of hydrogen-bond donors (Lipinski definition) is 1. The van der Waals surface area contributed by atoms with Gasteiger partial charge >= 0.3 is 0 Å². The van der Waals surface area contributed by atoms with Gasteiger partial charge in [-0.25, -0.2) is 4.98 Å². The molecule has 1 N–H and O–H groups in total. The first-order chi connectivity index (χ1) is 13.2. The molecule has 0 aliphatic carbocycles. The van der Waals surface area contributed by atoms with Crippen LogP contribution in [0.4, 0.5) is 0 Å². The van der Waals surface area contributed by atoms with Gasteiger partial charge in [-0.2, -0.15) is 0 Å². The van der Waals surface area contributed by atoms with Gasteiger partial charge in [-0.1, -0.05) is 42.1 Å². The lowest BCUT2D eigenvalue weighted by Crippen LogP contribution is -2.28. The monoisotopic (exact) mass is 377 g/mol. The van der Waals surface area contributed by atoms with Gasteiger partial charge in [-0.15, -0.1) is 0 Å². The van der Waals surface area contributed by atoms with Gasteiger partial charge in [-0.05, 0) is 43.3 Å². The van der Waals surface area contributed by atoms with Gasteiger partial charge in [0, 0.05) is 5.69 Å². The number of carbonyl (C=O) groups is 1. The Morgan fingerprint density at radius 1 is 1.11 bits per heavy atom. The van der Waals surface area contributed by atoms with Crippen LogP contribution in [0.2, 0.25) is 0 Å². The third-order valence-corrected chi connectivity index (χ3v) is 5.16. The molecule has 0 unspecified atom stereocenters. The second-order valence-electron chi connectivity index (χ2n) is 6.15. The smallest absolute Gasteiger partial charge is 0.231 e. The molecule has 0 spiro atoms. The van der Waals surface area contributed by atoms with Crippen LogP contribution in [-0.2, 0) is 4.79 Å². The van der Waals surface area contributed by atoms with Crippen LogP contribution >= 0.6 is 11.8 Å². The van der Waals surface area contributed by atoms with Gasteiger partial charge in [0.05, 0.1) is 29.1 Å². The van der Waals surface area contributed by atoms with Crippen LogP contribution in [0.3, 0.4) is 0 Å². The quantitative estimate of drug-likeness (QED) is 0.499. The molecule has 0 saturated heterocycles. The molecule has 2 aromatic carbocycles. The number of hydrogen-bond acceptors (Lipinski definition) is 4. The molecule has 1 amide bonds. The van der Waals surface area contributed by atoms with Gasteiger partial charge < -0.3 is 9.73 Å². The predicted octanol–water partition coefficient (Wildman–Crippen LogP) is 4.59. The highest BCUT2D eigenvalue weighted by Gasteiger charge is 2.16. The van der Waals surface area contributed by atoms with E-state index in [0.29, 0.717) is 0 Å². The third kappa shape index (κ3) is 3.75. The largest absolute Gasteiger partial charge is 0.467 e. The molecule has 4 rings (SSSR count). The molecule has 0 aliphatic rings. The predicted molar refractivity (Wildman–Crippen MR) is 107 cm³/mol. The molecule has 4 aromatic rings. The Labute approximate surface area is 161 Å². The van der Waals surface area contributed by atoms with E-state index in [0.717, 1.165) is 27.6 Å². The van der Waals surface area contributed by atoms with E-state index >= 15 is 0 Å². The number of aromatic nitrogens is 2. The number of para-hydroxylation sites is 3. The van der Waals surface area contributed by atoms with Crippen LogP contribution in [0, 0.1) is 0 Å². The Morgan fingerprint density at radius 2 is 1.89 bits per heavy atom. The highest BCUT2D eigenvalue weighted by atomic mass is 32.2. The summed E-state index contributed by atoms with van der Waals surface area (Å²) in [4.78, 5) is 17.1. The SMILES string of the molecule is C[C@H](NC(=O)CSc1nc2ccccc2n1-c1ccccc1)c1ccco1. The minimum Gasteiger partial charge on any atom is -0.467 e. The van der Waals surface area contributed by atoms with E-state index in [1.807, 2.05) is 73.7 Å². The molecule has 1 atom stereocenters. The molecule has 5 nitrogen and oxygen atoms in total. The zero-order valence-electron chi connectivity index (χ0n) is 14.8. The van der Waals surface area contributed by atoms with E-state index < -0.39 is 0 Å². The highest BCUT2D eigenvalue weighted by Crippen LogP contribution is 2.28. The van der Waals surface area contributed by atoms with Crippen molar-refractivity contribution in [3.8, 4) is 5.69 Å². The molecule has 0 fully saturated rings. The average molecular weight is 377 g/mol. The maximum Gasteiger partial charge on any atom is 0.231 e. The van der Waals surface area contributed by atoms with E-state index in [2.05, 4.69) is 9.88 Å². The Bertz CT molecular complexity index is 1040. The minimum absolute atomic E-state index is 0.0597. The molecular formula is C21H19N3O2S. The van der Waals surface area contributed by atoms with Crippen molar-refractivity contribution < 1.29 is 9.21 Å². The van der Waals surface area contributed by atoms with Gasteiger partial charge in [0.25, 0.3) is 0 Å². The Hall–Kier alpha value is -2.99. The number of fused-ring (bicyclic) bond motifs is 1. The Morgan fingerprint density at radius 3 is 2.67 bits per heavy atom. The number of thioether (sulfide) groups is 1. The zero-order chi connectivity index (χ0) is 18.6. The topological polar surface area (TPSA) is 60.1 Å². The van der Waals surface area contributed by atoms with Gasteiger partial charge in [0.1, 0.15) is 5.76 Å². The molecule has 0 bridgehead atoms. The second kappa shape index (κ2) is 7.72. The number of imidazole rings is 1. The van der Waals surface area contributed by atoms with Crippen molar-refractivity contribution in [2.45, 2.75) is 18.1 Å². The van der Waals surface area contributed by atoms with Crippen LogP contribution < -0.4 is 5.32 Å². The van der Waals surface area contributed by atoms with Crippen LogP contribution in [-0.4, -0.2) is 21.2 Å². The summed E-state index contributed by atoms with van der Waals surface area (Å²) in [5, 5.41) is 3.75. The van der Waals surface area contributed by atoms with Gasteiger partial charge in [0.2, 0.25) is 5.91 Å². The molecule has 136 valence electrons. The molecule has 0 aliphatic heterocycles. The maximum atomic E-state index is 12.4. The first-order valence-corrected chi connectivity index (χ1v) is 9.69. The van der Waals surface area contributed by atoms with Crippen LogP contribution in [0.1, 0.15) is 18.7 Å². The zero-order valence-corrected chi connectivity index (χ0v) is 15.6. The molecule has 2 heterocycles. The lowest BCUT2D eigenvalue weighted by molar-refractivity contribution is -0.119. The van der Waals surface area contributed by atoms with Crippen molar-refractivity contribution in [1.29, 1.82) is 0 Å². The number of nitrogens with zero attached hydrogens (tertiary/aromatic N) is 2. The van der Waals surface area contributed by atoms with E-state index in [-0.39, 0.29) is 17.7 Å². The molecule has 27 heavy (non-hydrogen) atoms. The molecule has 2 aromatic heterocycles. The molecular weight excluding hydrogens is 358 g/mol. The first-order valence-electron chi connectivity index (χ1n) is 8.71. The lowest BCUT2D eigenvalue weighted by atomic mass is 10.2. The van der Waals surface area contributed by atoms with Crippen molar-refractivity contribution in [2.75, 3.05) is 5.75 Å². The van der Waals surface area contributed by atoms with Crippen molar-refractivity contribution >= 4 is 28.7 Å². The summed E-state index contributed by atoms with van der Waals surface area (Å²) in [6.45, 7) is 1.90. The number of furan rings is 1. The lowest BCUT2D eigenvalue weighted by Gasteiger charge is -2.12. The number of rotatable bonds is 6. The van der Waals surface area contributed by atoms with Crippen LogP contribution in [0.25, 0.3) is 16.7 Å². The molecule has 0 radical (unpaired) electrons. The summed E-state index contributed by atoms with van der Waals surface area (Å²) >= 11 is 1.42. The van der Waals surface area contributed by atoms with Crippen molar-refractivity contribution in [3.63, 3.8) is 0 Å². The molecule has 6 heteroatoms. The molecule has 0 saturated carbocycles. The van der Waals surface area contributed by atoms with Crippen LogP contribution in [0.5, 0.6) is 0 Å². The van der Waals surface area contributed by atoms with Crippen molar-refractivity contribution in [3.05, 3.63) is 78.8 Å². The van der Waals surface area contributed by atoms with Gasteiger partial charge in [-0.3, -0.25) is 9.36 Å². The number of benzene rings is 2. The van der Waals surface area contributed by atoms with E-state index in [1.54, 1.807) is 6.26 Å². The third-order valence-electron chi connectivity index (χ3n) is 4.22. The minimum atomic E-state index is -0.166. The second-order valence-corrected chi connectivity index (χ2v) is 7.09. The van der Waals surface area contributed by atoms with E-state index in [4.69, 9.17) is 9.40 Å². The number of amides is 1.